The Hall–Kier alpha value is -2.29. The van der Waals surface area contributed by atoms with Crippen LogP contribution in [0.1, 0.15) is 24.1 Å². The first-order chi connectivity index (χ1) is 9.22. The first-order valence-electron chi connectivity index (χ1n) is 6.41. The SMILES string of the molecule is Cc1ccc2nc(NC(C)c3ccccc3)oc2c1. The summed E-state index contributed by atoms with van der Waals surface area (Å²) in [7, 11) is 0. The van der Waals surface area contributed by atoms with E-state index in [1.165, 1.54) is 11.1 Å². The smallest absolute Gasteiger partial charge is 0.296 e. The summed E-state index contributed by atoms with van der Waals surface area (Å²) < 4.78 is 5.72. The number of aryl methyl sites for hydroxylation is 1. The molecule has 0 spiro atoms. The van der Waals surface area contributed by atoms with Gasteiger partial charge >= 0.3 is 0 Å². The van der Waals surface area contributed by atoms with Crippen molar-refractivity contribution >= 4 is 17.1 Å². The van der Waals surface area contributed by atoms with E-state index in [-0.39, 0.29) is 6.04 Å². The minimum absolute atomic E-state index is 0.162. The van der Waals surface area contributed by atoms with Crippen molar-refractivity contribution < 1.29 is 4.42 Å². The second-order valence-corrected chi connectivity index (χ2v) is 4.77. The number of hydrogen-bond donors (Lipinski definition) is 1. The molecule has 1 N–H and O–H groups in total. The molecule has 96 valence electrons. The van der Waals surface area contributed by atoms with Crippen molar-refractivity contribution in [1.29, 1.82) is 0 Å². The van der Waals surface area contributed by atoms with Gasteiger partial charge in [0.1, 0.15) is 5.52 Å². The van der Waals surface area contributed by atoms with Gasteiger partial charge < -0.3 is 9.73 Å². The topological polar surface area (TPSA) is 38.1 Å². The van der Waals surface area contributed by atoms with Gasteiger partial charge in [0.15, 0.2) is 5.58 Å². The normalized spacial score (nSPS) is 12.5. The van der Waals surface area contributed by atoms with Gasteiger partial charge in [0.05, 0.1) is 6.04 Å². The third-order valence-corrected chi connectivity index (χ3v) is 3.18. The average Bonchev–Trinajstić information content (AvgIpc) is 2.81. The Morgan fingerprint density at radius 2 is 1.89 bits per heavy atom. The molecule has 0 aliphatic carbocycles. The van der Waals surface area contributed by atoms with E-state index in [9.17, 15) is 0 Å². The molecular weight excluding hydrogens is 236 g/mol. The van der Waals surface area contributed by atoms with Crippen molar-refractivity contribution in [2.24, 2.45) is 0 Å². The summed E-state index contributed by atoms with van der Waals surface area (Å²) in [6, 6.07) is 17.0. The summed E-state index contributed by atoms with van der Waals surface area (Å²) in [5.41, 5.74) is 4.09. The van der Waals surface area contributed by atoms with Crippen LogP contribution in [0.3, 0.4) is 0 Å². The van der Waals surface area contributed by atoms with Crippen molar-refractivity contribution in [3.63, 3.8) is 0 Å². The molecule has 0 bridgehead atoms. The molecule has 0 saturated heterocycles. The molecule has 0 saturated carbocycles. The quantitative estimate of drug-likeness (QED) is 0.754. The molecule has 3 aromatic rings. The zero-order chi connectivity index (χ0) is 13.2. The lowest BCUT2D eigenvalue weighted by atomic mass is 10.1. The maximum atomic E-state index is 5.72. The summed E-state index contributed by atoms with van der Waals surface area (Å²) in [5, 5.41) is 3.29. The van der Waals surface area contributed by atoms with Gasteiger partial charge in [-0.1, -0.05) is 36.4 Å². The van der Waals surface area contributed by atoms with Crippen molar-refractivity contribution in [1.82, 2.24) is 4.98 Å². The number of aromatic nitrogens is 1. The number of fused-ring (bicyclic) bond motifs is 1. The number of benzene rings is 2. The molecule has 1 unspecified atom stereocenters. The number of anilines is 1. The van der Waals surface area contributed by atoms with E-state index in [0.29, 0.717) is 6.01 Å². The number of hydrogen-bond acceptors (Lipinski definition) is 3. The molecule has 3 rings (SSSR count). The van der Waals surface area contributed by atoms with E-state index in [4.69, 9.17) is 4.42 Å². The third-order valence-electron chi connectivity index (χ3n) is 3.18. The monoisotopic (exact) mass is 252 g/mol. The van der Waals surface area contributed by atoms with E-state index < -0.39 is 0 Å². The van der Waals surface area contributed by atoms with Gasteiger partial charge in [-0.25, -0.2) is 0 Å². The number of oxazole rings is 1. The van der Waals surface area contributed by atoms with E-state index in [1.54, 1.807) is 0 Å². The van der Waals surface area contributed by atoms with Gasteiger partial charge in [0.2, 0.25) is 0 Å². The summed E-state index contributed by atoms with van der Waals surface area (Å²) in [6.45, 7) is 4.14. The minimum Gasteiger partial charge on any atom is -0.424 e. The highest BCUT2D eigenvalue weighted by molar-refractivity contribution is 5.75. The van der Waals surface area contributed by atoms with Crippen molar-refractivity contribution in [3.05, 3.63) is 59.7 Å². The molecule has 0 radical (unpaired) electrons. The molecule has 2 aromatic carbocycles. The lowest BCUT2D eigenvalue weighted by Crippen LogP contribution is -2.06. The van der Waals surface area contributed by atoms with Crippen molar-refractivity contribution in [3.8, 4) is 0 Å². The standard InChI is InChI=1S/C16H16N2O/c1-11-8-9-14-15(10-11)19-16(18-14)17-12(2)13-6-4-3-5-7-13/h3-10,12H,1-2H3,(H,17,18). The van der Waals surface area contributed by atoms with Gasteiger partial charge in [0.25, 0.3) is 6.01 Å². The van der Waals surface area contributed by atoms with Crippen LogP contribution in [-0.2, 0) is 0 Å². The molecular formula is C16H16N2O. The third kappa shape index (κ3) is 2.45. The van der Waals surface area contributed by atoms with E-state index in [1.807, 2.05) is 43.3 Å². The van der Waals surface area contributed by atoms with Crippen LogP contribution in [0, 0.1) is 6.92 Å². The number of rotatable bonds is 3. The molecule has 0 amide bonds. The second-order valence-electron chi connectivity index (χ2n) is 4.77. The Balaban J connectivity index is 1.85. The summed E-state index contributed by atoms with van der Waals surface area (Å²) in [4.78, 5) is 4.44. The van der Waals surface area contributed by atoms with Crippen LogP contribution in [0.15, 0.2) is 52.9 Å². The average molecular weight is 252 g/mol. The first kappa shape index (κ1) is 11.8. The highest BCUT2D eigenvalue weighted by Gasteiger charge is 2.10. The lowest BCUT2D eigenvalue weighted by Gasteiger charge is -2.11. The highest BCUT2D eigenvalue weighted by Crippen LogP contribution is 2.23. The zero-order valence-electron chi connectivity index (χ0n) is 11.1. The number of nitrogens with zero attached hydrogens (tertiary/aromatic N) is 1. The van der Waals surface area contributed by atoms with Gasteiger partial charge in [-0.15, -0.1) is 0 Å². The van der Waals surface area contributed by atoms with Gasteiger partial charge in [-0.05, 0) is 37.1 Å². The van der Waals surface area contributed by atoms with Crippen LogP contribution < -0.4 is 5.32 Å². The van der Waals surface area contributed by atoms with E-state index in [2.05, 4.69) is 29.4 Å². The largest absolute Gasteiger partial charge is 0.424 e. The first-order valence-corrected chi connectivity index (χ1v) is 6.41. The molecule has 1 atom stereocenters. The Morgan fingerprint density at radius 3 is 2.68 bits per heavy atom. The molecule has 0 aliphatic rings. The summed E-state index contributed by atoms with van der Waals surface area (Å²) in [6.07, 6.45) is 0. The van der Waals surface area contributed by atoms with Gasteiger partial charge in [0, 0.05) is 0 Å². The fourth-order valence-electron chi connectivity index (χ4n) is 2.10. The van der Waals surface area contributed by atoms with Crippen molar-refractivity contribution in [2.45, 2.75) is 19.9 Å². The second kappa shape index (κ2) is 4.76. The Labute approximate surface area is 112 Å². The molecule has 19 heavy (non-hydrogen) atoms. The van der Waals surface area contributed by atoms with Gasteiger partial charge in [-0.3, -0.25) is 0 Å². The van der Waals surface area contributed by atoms with Crippen LogP contribution >= 0.6 is 0 Å². The molecule has 1 aromatic heterocycles. The highest BCUT2D eigenvalue weighted by atomic mass is 16.4. The fourth-order valence-corrected chi connectivity index (χ4v) is 2.10. The maximum absolute atomic E-state index is 5.72. The number of nitrogens with one attached hydrogen (secondary N) is 1. The van der Waals surface area contributed by atoms with Crippen molar-refractivity contribution in [2.75, 3.05) is 5.32 Å². The summed E-state index contributed by atoms with van der Waals surface area (Å²) in [5.74, 6) is 0. The Bertz CT molecular complexity index is 688. The lowest BCUT2D eigenvalue weighted by molar-refractivity contribution is 0.604. The fraction of sp³-hybridized carbons (Fsp3) is 0.188. The molecule has 3 heteroatoms. The van der Waals surface area contributed by atoms with E-state index >= 15 is 0 Å². The van der Waals surface area contributed by atoms with Crippen LogP contribution in [0.5, 0.6) is 0 Å². The van der Waals surface area contributed by atoms with Crippen LogP contribution in [0.2, 0.25) is 0 Å². The molecule has 1 heterocycles. The molecule has 0 fully saturated rings. The van der Waals surface area contributed by atoms with E-state index in [0.717, 1.165) is 11.1 Å². The zero-order valence-corrected chi connectivity index (χ0v) is 11.1. The van der Waals surface area contributed by atoms with Crippen LogP contribution in [0.4, 0.5) is 6.01 Å². The maximum Gasteiger partial charge on any atom is 0.296 e. The summed E-state index contributed by atoms with van der Waals surface area (Å²) >= 11 is 0. The molecule has 0 aliphatic heterocycles. The predicted octanol–water partition coefficient (Wildman–Crippen LogP) is 4.31. The van der Waals surface area contributed by atoms with Crippen LogP contribution in [0.25, 0.3) is 11.1 Å². The van der Waals surface area contributed by atoms with Gasteiger partial charge in [-0.2, -0.15) is 4.98 Å². The predicted molar refractivity (Wildman–Crippen MR) is 77.2 cm³/mol. The minimum atomic E-state index is 0.162. The Kier molecular flexibility index (Phi) is 2.95. The van der Waals surface area contributed by atoms with Crippen LogP contribution in [-0.4, -0.2) is 4.98 Å². The molecule has 3 nitrogen and oxygen atoms in total. The Morgan fingerprint density at radius 1 is 1.11 bits per heavy atom.